The zero-order valence-corrected chi connectivity index (χ0v) is 17.6. The topological polar surface area (TPSA) is 58.7 Å². The number of fused-ring (bicyclic) bond motifs is 1. The Hall–Kier alpha value is -2.11. The summed E-state index contributed by atoms with van der Waals surface area (Å²) in [5.74, 6) is 0.189. The summed E-state index contributed by atoms with van der Waals surface area (Å²) in [5, 5.41) is 15.8. The maximum atomic E-state index is 12.8. The first-order valence-electron chi connectivity index (χ1n) is 9.79. The second kappa shape index (κ2) is 7.37. The number of benzene rings is 2. The summed E-state index contributed by atoms with van der Waals surface area (Å²) >= 11 is 0. The van der Waals surface area contributed by atoms with Gasteiger partial charge in [0, 0.05) is 23.9 Å². The molecule has 0 amide bonds. The molecule has 2 aromatic rings. The Morgan fingerprint density at radius 2 is 1.61 bits per heavy atom. The van der Waals surface area contributed by atoms with Crippen LogP contribution in [-0.2, 0) is 14.7 Å². The normalized spacial score (nSPS) is 20.7. The number of carbonyl (C=O) groups excluding carboxylic acids is 1. The number of hydroxylamine groups is 2. The second-order valence-corrected chi connectivity index (χ2v) is 9.08. The number of piperidine rings is 1. The molecule has 0 aliphatic carbocycles. The molecule has 1 fully saturated rings. The number of nitrogens with zero attached hydrogens (tertiary/aromatic N) is 1. The minimum atomic E-state index is -0.558. The molecule has 0 spiro atoms. The molecule has 5 nitrogen and oxygen atoms in total. The van der Waals surface area contributed by atoms with Crippen LogP contribution in [0.3, 0.4) is 0 Å². The molecule has 1 radical (unpaired) electrons. The van der Waals surface area contributed by atoms with Gasteiger partial charge in [-0.05, 0) is 63.1 Å². The molecule has 3 rings (SSSR count). The van der Waals surface area contributed by atoms with E-state index < -0.39 is 11.1 Å². The predicted molar refractivity (Wildman–Crippen MR) is 109 cm³/mol. The number of rotatable bonds is 4. The van der Waals surface area contributed by atoms with Crippen LogP contribution in [0.4, 0.5) is 0 Å². The molecule has 1 saturated heterocycles. The van der Waals surface area contributed by atoms with Crippen LogP contribution in [0.5, 0.6) is 5.75 Å². The highest BCUT2D eigenvalue weighted by atomic mass is 16.5. The van der Waals surface area contributed by atoms with E-state index in [4.69, 9.17) is 9.47 Å². The van der Waals surface area contributed by atoms with E-state index in [1.807, 2.05) is 71.0 Å². The van der Waals surface area contributed by atoms with Gasteiger partial charge in [-0.15, -0.1) is 10.3 Å². The van der Waals surface area contributed by atoms with Crippen molar-refractivity contribution in [2.75, 3.05) is 7.11 Å². The van der Waals surface area contributed by atoms with Gasteiger partial charge in [0.05, 0.1) is 13.0 Å². The third kappa shape index (κ3) is 4.01. The largest absolute Gasteiger partial charge is 0.497 e. The Labute approximate surface area is 167 Å². The minimum absolute atomic E-state index is 0.246. The molecule has 1 aliphatic rings. The van der Waals surface area contributed by atoms with Crippen molar-refractivity contribution in [3.05, 3.63) is 42.0 Å². The van der Waals surface area contributed by atoms with E-state index >= 15 is 0 Å². The molecule has 1 aliphatic heterocycles. The highest BCUT2D eigenvalue weighted by Crippen LogP contribution is 2.39. The molecule has 1 heterocycles. The van der Waals surface area contributed by atoms with Crippen molar-refractivity contribution in [3.63, 3.8) is 0 Å². The van der Waals surface area contributed by atoms with Gasteiger partial charge in [-0.2, -0.15) is 0 Å². The van der Waals surface area contributed by atoms with Crippen LogP contribution in [-0.4, -0.2) is 35.3 Å². The molecule has 0 saturated carbocycles. The van der Waals surface area contributed by atoms with Crippen molar-refractivity contribution in [1.29, 1.82) is 0 Å². The fourth-order valence-corrected chi connectivity index (χ4v) is 4.30. The second-order valence-electron chi connectivity index (χ2n) is 9.08. The third-order valence-corrected chi connectivity index (χ3v) is 5.76. The van der Waals surface area contributed by atoms with Crippen molar-refractivity contribution in [2.24, 2.45) is 0 Å². The number of hydrogen-bond acceptors (Lipinski definition) is 4. The van der Waals surface area contributed by atoms with Gasteiger partial charge < -0.3 is 9.47 Å². The van der Waals surface area contributed by atoms with E-state index in [2.05, 4.69) is 0 Å². The highest BCUT2D eigenvalue weighted by molar-refractivity contribution is 5.86. The number of carbonyl (C=O) groups is 1. The first-order valence-corrected chi connectivity index (χ1v) is 9.79. The van der Waals surface area contributed by atoms with Crippen LogP contribution in [0.1, 0.15) is 58.9 Å². The lowest BCUT2D eigenvalue weighted by molar-refractivity contribution is -0.299. The molecular weight excluding hydrogens is 354 g/mol. The van der Waals surface area contributed by atoms with Crippen molar-refractivity contribution in [1.82, 2.24) is 5.06 Å². The fraction of sp³-hybridized carbons (Fsp3) is 0.522. The molecule has 2 aromatic carbocycles. The van der Waals surface area contributed by atoms with Gasteiger partial charge in [-0.25, -0.2) is 0 Å². The Balaban J connectivity index is 1.75. The number of hydrogen-bond donors (Lipinski definition) is 0. The smallest absolute Gasteiger partial charge is 0.313 e. The monoisotopic (exact) mass is 384 g/mol. The van der Waals surface area contributed by atoms with Crippen LogP contribution < -0.4 is 4.74 Å². The van der Waals surface area contributed by atoms with Gasteiger partial charge in [0.25, 0.3) is 0 Å². The molecule has 1 atom stereocenters. The van der Waals surface area contributed by atoms with Gasteiger partial charge in [-0.1, -0.05) is 24.3 Å². The van der Waals surface area contributed by atoms with Crippen LogP contribution in [0.25, 0.3) is 10.8 Å². The summed E-state index contributed by atoms with van der Waals surface area (Å²) in [6.45, 7) is 9.49. The summed E-state index contributed by atoms with van der Waals surface area (Å²) in [6, 6.07) is 11.9. The maximum absolute atomic E-state index is 12.8. The third-order valence-electron chi connectivity index (χ3n) is 5.76. The van der Waals surface area contributed by atoms with Crippen molar-refractivity contribution in [2.45, 2.75) is 70.6 Å². The maximum Gasteiger partial charge on any atom is 0.313 e. The molecule has 0 bridgehead atoms. The van der Waals surface area contributed by atoms with Crippen LogP contribution in [0.2, 0.25) is 0 Å². The molecule has 28 heavy (non-hydrogen) atoms. The van der Waals surface area contributed by atoms with Gasteiger partial charge in [0.2, 0.25) is 0 Å². The quantitative estimate of drug-likeness (QED) is 0.706. The van der Waals surface area contributed by atoms with E-state index in [0.717, 1.165) is 27.1 Å². The number of esters is 1. The fourth-order valence-electron chi connectivity index (χ4n) is 4.30. The highest BCUT2D eigenvalue weighted by Gasteiger charge is 2.47. The zero-order valence-electron chi connectivity index (χ0n) is 17.6. The minimum Gasteiger partial charge on any atom is -0.497 e. The predicted octanol–water partition coefficient (Wildman–Crippen LogP) is 4.86. The lowest BCUT2D eigenvalue weighted by Crippen LogP contribution is -2.60. The number of ether oxygens (including phenoxy) is 2. The van der Waals surface area contributed by atoms with Gasteiger partial charge >= 0.3 is 5.97 Å². The van der Waals surface area contributed by atoms with Crippen LogP contribution in [0, 0.1) is 0 Å². The van der Waals surface area contributed by atoms with E-state index in [1.165, 1.54) is 0 Å². The molecule has 0 N–H and O–H groups in total. The molecule has 151 valence electrons. The summed E-state index contributed by atoms with van der Waals surface area (Å²) in [6.07, 6.45) is 0.820. The van der Waals surface area contributed by atoms with E-state index in [9.17, 15) is 10.0 Å². The zero-order chi connectivity index (χ0) is 20.7. The van der Waals surface area contributed by atoms with Crippen molar-refractivity contribution >= 4 is 16.7 Å². The SMILES string of the molecule is COc1ccc2cc([C@H](C)C(=O)OC3CC(C)(C)N([O])C(C)(C)C3)ccc2c1. The Kier molecular flexibility index (Phi) is 5.43. The van der Waals surface area contributed by atoms with Crippen molar-refractivity contribution in [3.8, 4) is 5.75 Å². The first-order chi connectivity index (χ1) is 13.0. The lowest BCUT2D eigenvalue weighted by Gasteiger charge is -2.49. The average molecular weight is 384 g/mol. The Morgan fingerprint density at radius 3 is 2.21 bits per heavy atom. The summed E-state index contributed by atoms with van der Waals surface area (Å²) in [4.78, 5) is 12.8. The molecular formula is C23H30NO4. The molecule has 0 aromatic heterocycles. The van der Waals surface area contributed by atoms with E-state index in [-0.39, 0.29) is 18.0 Å². The van der Waals surface area contributed by atoms with Crippen LogP contribution >= 0.6 is 0 Å². The Morgan fingerprint density at radius 1 is 1.04 bits per heavy atom. The van der Waals surface area contributed by atoms with Gasteiger partial charge in [-0.3, -0.25) is 4.79 Å². The summed E-state index contributed by atoms with van der Waals surface area (Å²) in [5.41, 5.74) is -0.196. The van der Waals surface area contributed by atoms with Crippen LogP contribution in [0.15, 0.2) is 36.4 Å². The van der Waals surface area contributed by atoms with Crippen molar-refractivity contribution < 1.29 is 19.5 Å². The first kappa shape index (κ1) is 20.6. The van der Waals surface area contributed by atoms with Gasteiger partial charge in [0.15, 0.2) is 0 Å². The lowest BCUT2D eigenvalue weighted by atomic mass is 9.80. The summed E-state index contributed by atoms with van der Waals surface area (Å²) < 4.78 is 11.1. The molecule has 0 unspecified atom stereocenters. The molecule has 5 heteroatoms. The van der Waals surface area contributed by atoms with E-state index in [0.29, 0.717) is 12.8 Å². The average Bonchev–Trinajstić information content (AvgIpc) is 2.64. The Bertz CT molecular complexity index is 856. The standard InChI is InChI=1S/C23H30NO4/c1-15(16-7-8-18-12-19(27-6)10-9-17(18)11-16)21(25)28-20-13-22(2,3)24(26)23(4,5)14-20/h7-12,15,20H,13-14H2,1-6H3/t15-/m0/s1. The van der Waals surface area contributed by atoms with E-state index in [1.54, 1.807) is 7.11 Å². The van der Waals surface area contributed by atoms with Gasteiger partial charge in [0.1, 0.15) is 11.9 Å². The number of methoxy groups -OCH3 is 1. The summed E-state index contributed by atoms with van der Waals surface area (Å²) in [7, 11) is 1.65.